The number of nitrogens with zero attached hydrogens (tertiary/aromatic N) is 2. The van der Waals surface area contributed by atoms with E-state index in [4.69, 9.17) is 10.5 Å². The molecule has 37 heavy (non-hydrogen) atoms. The number of esters is 1. The molecule has 0 unspecified atom stereocenters. The number of carboxylic acids is 1. The lowest BCUT2D eigenvalue weighted by atomic mass is 10.0. The molecule has 0 bridgehead atoms. The maximum Gasteiger partial charge on any atom is 0.352 e. The number of rotatable bonds is 9. The molecule has 2 aliphatic heterocycles. The van der Waals surface area contributed by atoms with Gasteiger partial charge in [-0.1, -0.05) is 30.3 Å². The van der Waals surface area contributed by atoms with Crippen molar-refractivity contribution < 1.29 is 33.9 Å². The summed E-state index contributed by atoms with van der Waals surface area (Å²) in [7, 11) is 0. The molecule has 2 amide bonds. The molecule has 192 valence electrons. The number of thioether (sulfide) groups is 1. The third kappa shape index (κ3) is 5.47. The first-order valence-electron chi connectivity index (χ1n) is 11.1. The minimum Gasteiger partial charge on any atom is -0.477 e. The Morgan fingerprint density at radius 3 is 2.49 bits per heavy atom. The van der Waals surface area contributed by atoms with Gasteiger partial charge in [0.2, 0.25) is 5.91 Å². The summed E-state index contributed by atoms with van der Waals surface area (Å²) >= 11 is 1.22. The second-order valence-electron chi connectivity index (χ2n) is 8.30. The van der Waals surface area contributed by atoms with Crippen molar-refractivity contribution >= 4 is 41.2 Å². The van der Waals surface area contributed by atoms with E-state index in [1.165, 1.54) is 36.0 Å². The minimum atomic E-state index is -1.37. The summed E-state index contributed by atoms with van der Waals surface area (Å²) in [6.45, 7) is -0.152. The molecule has 0 aromatic heterocycles. The molecule has 1 fully saturated rings. The molecule has 2 aromatic rings. The van der Waals surface area contributed by atoms with Crippen LogP contribution in [-0.2, 0) is 30.5 Å². The second kappa shape index (κ2) is 10.8. The third-order valence-corrected chi connectivity index (χ3v) is 7.23. The zero-order valence-electron chi connectivity index (χ0n) is 19.2. The molecule has 4 N–H and O–H groups in total. The van der Waals surface area contributed by atoms with Gasteiger partial charge in [0.1, 0.15) is 29.8 Å². The highest BCUT2D eigenvalue weighted by molar-refractivity contribution is 8.00. The maximum atomic E-state index is 12.8. The number of fused-ring (bicyclic) bond motifs is 1. The molecule has 3 atom stereocenters. The van der Waals surface area contributed by atoms with Gasteiger partial charge in [-0.05, 0) is 28.8 Å². The predicted octanol–water partition coefficient (Wildman–Crippen LogP) is 1.47. The van der Waals surface area contributed by atoms with E-state index >= 15 is 0 Å². The minimum absolute atomic E-state index is 0.101. The average Bonchev–Trinajstić information content (AvgIpc) is 2.90. The summed E-state index contributed by atoms with van der Waals surface area (Å²) in [6, 6.07) is 12.1. The van der Waals surface area contributed by atoms with Crippen LogP contribution in [0.25, 0.3) is 0 Å². The lowest BCUT2D eigenvalue weighted by molar-refractivity contribution is -0.384. The molecular formula is C24H22N4O8S. The zero-order chi connectivity index (χ0) is 26.7. The molecule has 0 spiro atoms. The number of nitrogens with one attached hydrogen (secondary N) is 1. The van der Waals surface area contributed by atoms with Crippen molar-refractivity contribution in [3.63, 3.8) is 0 Å². The highest BCUT2D eigenvalue weighted by atomic mass is 32.2. The Kier molecular flexibility index (Phi) is 7.55. The molecule has 1 saturated heterocycles. The number of nitro groups is 1. The SMILES string of the molecule is N[C@H](C(=O)N[C@@H]1C(=O)N2C(C(=O)O)=C(CC(=O)OCc3ccc([N+](=O)[O-])cc3)CS[C@@H]12)c1ccccc1. The van der Waals surface area contributed by atoms with E-state index in [9.17, 15) is 34.4 Å². The van der Waals surface area contributed by atoms with Crippen molar-refractivity contribution in [1.29, 1.82) is 0 Å². The number of ether oxygens (including phenoxy) is 1. The Balaban J connectivity index is 1.39. The van der Waals surface area contributed by atoms with Gasteiger partial charge in [0.15, 0.2) is 0 Å². The number of benzene rings is 2. The van der Waals surface area contributed by atoms with E-state index in [1.807, 2.05) is 0 Å². The van der Waals surface area contributed by atoms with Gasteiger partial charge in [0, 0.05) is 17.9 Å². The molecule has 0 radical (unpaired) electrons. The van der Waals surface area contributed by atoms with Crippen LogP contribution < -0.4 is 11.1 Å². The van der Waals surface area contributed by atoms with Crippen LogP contribution in [0, 0.1) is 10.1 Å². The average molecular weight is 527 g/mol. The summed E-state index contributed by atoms with van der Waals surface area (Å²) in [6.07, 6.45) is -0.353. The molecular weight excluding hydrogens is 504 g/mol. The molecule has 2 heterocycles. The van der Waals surface area contributed by atoms with Gasteiger partial charge in [0.05, 0.1) is 11.3 Å². The number of nitrogens with two attached hydrogens (primary N) is 1. The summed E-state index contributed by atoms with van der Waals surface area (Å²) in [5.41, 5.74) is 6.89. The van der Waals surface area contributed by atoms with Gasteiger partial charge in [-0.2, -0.15) is 0 Å². The van der Waals surface area contributed by atoms with Gasteiger partial charge in [0.25, 0.3) is 11.6 Å². The van der Waals surface area contributed by atoms with Crippen LogP contribution in [0.3, 0.4) is 0 Å². The number of carbonyl (C=O) groups is 4. The number of carboxylic acid groups (broad SMARTS) is 1. The summed E-state index contributed by atoms with van der Waals surface area (Å²) < 4.78 is 5.19. The molecule has 2 aromatic carbocycles. The maximum absolute atomic E-state index is 12.8. The number of hydrogen-bond acceptors (Lipinski definition) is 9. The summed E-state index contributed by atoms with van der Waals surface area (Å²) in [5.74, 6) is -3.12. The Morgan fingerprint density at radius 1 is 1.19 bits per heavy atom. The number of non-ortho nitro benzene ring substituents is 1. The number of carbonyl (C=O) groups excluding carboxylic acids is 3. The van der Waals surface area contributed by atoms with Gasteiger partial charge < -0.3 is 20.9 Å². The van der Waals surface area contributed by atoms with Crippen LogP contribution in [0.1, 0.15) is 23.6 Å². The van der Waals surface area contributed by atoms with E-state index in [-0.39, 0.29) is 35.7 Å². The Labute approximate surface area is 214 Å². The molecule has 0 saturated carbocycles. The highest BCUT2D eigenvalue weighted by Gasteiger charge is 2.54. The first-order chi connectivity index (χ1) is 17.7. The van der Waals surface area contributed by atoms with E-state index in [2.05, 4.69) is 5.32 Å². The largest absolute Gasteiger partial charge is 0.477 e. The normalized spacial score (nSPS) is 19.4. The van der Waals surface area contributed by atoms with Crippen molar-refractivity contribution in [3.8, 4) is 0 Å². The van der Waals surface area contributed by atoms with E-state index in [1.54, 1.807) is 30.3 Å². The zero-order valence-corrected chi connectivity index (χ0v) is 20.1. The highest BCUT2D eigenvalue weighted by Crippen LogP contribution is 2.41. The lowest BCUT2D eigenvalue weighted by Crippen LogP contribution is -2.71. The van der Waals surface area contributed by atoms with Crippen molar-refractivity contribution in [1.82, 2.24) is 10.2 Å². The topological polar surface area (TPSA) is 182 Å². The van der Waals surface area contributed by atoms with Crippen LogP contribution in [0.2, 0.25) is 0 Å². The first-order valence-corrected chi connectivity index (χ1v) is 12.1. The quantitative estimate of drug-likeness (QED) is 0.187. The monoisotopic (exact) mass is 526 g/mol. The number of nitro benzene ring substituents is 1. The third-order valence-electron chi connectivity index (χ3n) is 5.89. The van der Waals surface area contributed by atoms with Crippen molar-refractivity contribution in [2.75, 3.05) is 5.75 Å². The van der Waals surface area contributed by atoms with Gasteiger partial charge >= 0.3 is 11.9 Å². The standard InChI is InChI=1S/C24H22N4O8S/c25-18(14-4-2-1-3-5-14)21(30)26-19-22(31)27-20(24(32)33)15(12-37-23(19)27)10-17(29)36-11-13-6-8-16(9-7-13)28(34)35/h1-9,18-19,23H,10-12,25H2,(H,26,30)(H,32,33)/t18-,19+,23-/m0/s1. The number of β-lactam (4-membered cyclic amide) rings is 1. The molecule has 2 aliphatic rings. The Bertz CT molecular complexity index is 1280. The molecule has 13 heteroatoms. The van der Waals surface area contributed by atoms with Crippen molar-refractivity contribution in [3.05, 3.63) is 87.1 Å². The van der Waals surface area contributed by atoms with Gasteiger partial charge in [-0.25, -0.2) is 4.79 Å². The lowest BCUT2D eigenvalue weighted by Gasteiger charge is -2.49. The van der Waals surface area contributed by atoms with E-state index < -0.39 is 46.1 Å². The fraction of sp³-hybridized carbons (Fsp3) is 0.250. The Hall–Kier alpha value is -4.23. The van der Waals surface area contributed by atoms with Crippen LogP contribution >= 0.6 is 11.8 Å². The summed E-state index contributed by atoms with van der Waals surface area (Å²) in [4.78, 5) is 61.1. The van der Waals surface area contributed by atoms with E-state index in [0.29, 0.717) is 11.1 Å². The number of aliphatic carboxylic acids is 1. The van der Waals surface area contributed by atoms with Gasteiger partial charge in [-0.3, -0.25) is 29.4 Å². The van der Waals surface area contributed by atoms with Crippen molar-refractivity contribution in [2.45, 2.75) is 30.5 Å². The van der Waals surface area contributed by atoms with Crippen LogP contribution in [-0.4, -0.2) is 55.9 Å². The van der Waals surface area contributed by atoms with Gasteiger partial charge in [-0.15, -0.1) is 11.8 Å². The smallest absolute Gasteiger partial charge is 0.352 e. The first kappa shape index (κ1) is 25.9. The number of hydrogen-bond donors (Lipinski definition) is 3. The fourth-order valence-corrected chi connectivity index (χ4v) is 5.32. The number of amides is 2. The second-order valence-corrected chi connectivity index (χ2v) is 9.41. The summed E-state index contributed by atoms with van der Waals surface area (Å²) in [5, 5.41) is 22.5. The van der Waals surface area contributed by atoms with Crippen LogP contribution in [0.5, 0.6) is 0 Å². The Morgan fingerprint density at radius 2 is 1.86 bits per heavy atom. The van der Waals surface area contributed by atoms with Crippen LogP contribution in [0.4, 0.5) is 5.69 Å². The molecule has 0 aliphatic carbocycles. The van der Waals surface area contributed by atoms with Crippen LogP contribution in [0.15, 0.2) is 65.9 Å². The predicted molar refractivity (Wildman–Crippen MR) is 131 cm³/mol. The van der Waals surface area contributed by atoms with E-state index in [0.717, 1.165) is 4.90 Å². The van der Waals surface area contributed by atoms with Crippen molar-refractivity contribution in [2.24, 2.45) is 5.73 Å². The molecule has 12 nitrogen and oxygen atoms in total. The fourth-order valence-electron chi connectivity index (χ4n) is 3.98. The molecule has 4 rings (SSSR count).